The van der Waals surface area contributed by atoms with Gasteiger partial charge in [0.25, 0.3) is 0 Å². The van der Waals surface area contributed by atoms with Gasteiger partial charge in [0.15, 0.2) is 11.5 Å². The highest BCUT2D eigenvalue weighted by molar-refractivity contribution is 5.80. The van der Waals surface area contributed by atoms with Gasteiger partial charge in [0.1, 0.15) is 24.7 Å². The molecule has 0 aliphatic rings. The van der Waals surface area contributed by atoms with E-state index in [0.29, 0.717) is 43.4 Å². The Morgan fingerprint density at radius 1 is 0.806 bits per heavy atom. The topological polar surface area (TPSA) is 97.3 Å². The minimum absolute atomic E-state index is 0.251. The van der Waals surface area contributed by atoms with Crippen molar-refractivity contribution in [2.75, 3.05) is 18.9 Å². The maximum absolute atomic E-state index is 6.08. The Morgan fingerprint density at radius 3 is 2.03 bits per heavy atom. The lowest BCUT2D eigenvalue weighted by molar-refractivity contribution is -0.0866. The zero-order valence-electron chi connectivity index (χ0n) is 17.1. The van der Waals surface area contributed by atoms with Crippen LogP contribution in [-0.4, -0.2) is 38.8 Å². The monoisotopic (exact) mass is 419 g/mol. The van der Waals surface area contributed by atoms with Crippen LogP contribution >= 0.6 is 0 Å². The highest BCUT2D eigenvalue weighted by Crippen LogP contribution is 2.15. The van der Waals surface area contributed by atoms with Gasteiger partial charge in [-0.3, -0.25) is 4.57 Å². The summed E-state index contributed by atoms with van der Waals surface area (Å²) in [5, 5.41) is 0. The van der Waals surface area contributed by atoms with Gasteiger partial charge in [-0.1, -0.05) is 60.7 Å². The second kappa shape index (κ2) is 10.6. The third kappa shape index (κ3) is 5.85. The number of nitrogens with zero attached hydrogens (tertiary/aromatic N) is 4. The Balaban J connectivity index is 1.35. The molecule has 0 atom stereocenters. The first-order chi connectivity index (χ1) is 15.3. The molecule has 8 heteroatoms. The fourth-order valence-corrected chi connectivity index (χ4v) is 3.09. The molecule has 31 heavy (non-hydrogen) atoms. The predicted octanol–water partition coefficient (Wildman–Crippen LogP) is 3.18. The van der Waals surface area contributed by atoms with Crippen LogP contribution in [0.15, 0.2) is 73.3 Å². The Morgan fingerprint density at radius 2 is 1.42 bits per heavy atom. The van der Waals surface area contributed by atoms with Crippen LogP contribution in [-0.2, 0) is 34.2 Å². The number of rotatable bonds is 11. The van der Waals surface area contributed by atoms with Crippen LogP contribution in [0.1, 0.15) is 11.1 Å². The van der Waals surface area contributed by atoms with Gasteiger partial charge in [0.2, 0.25) is 0 Å². The fraction of sp³-hybridized carbons (Fsp3) is 0.261. The number of ether oxygens (including phenoxy) is 3. The van der Waals surface area contributed by atoms with Gasteiger partial charge in [-0.15, -0.1) is 0 Å². The van der Waals surface area contributed by atoms with Gasteiger partial charge in [-0.2, -0.15) is 0 Å². The number of fused-ring (bicyclic) bond motifs is 1. The van der Waals surface area contributed by atoms with Crippen LogP contribution < -0.4 is 5.73 Å². The normalized spacial score (nSPS) is 11.4. The average Bonchev–Trinajstić information content (AvgIpc) is 3.23. The molecular weight excluding hydrogens is 394 g/mol. The molecule has 0 radical (unpaired) electrons. The Hall–Kier alpha value is -3.33. The zero-order chi connectivity index (χ0) is 21.3. The second-order valence-electron chi connectivity index (χ2n) is 7.06. The molecule has 0 spiro atoms. The van der Waals surface area contributed by atoms with Crippen LogP contribution in [0.25, 0.3) is 11.2 Å². The van der Waals surface area contributed by atoms with E-state index in [4.69, 9.17) is 19.9 Å². The van der Waals surface area contributed by atoms with Gasteiger partial charge in [0.05, 0.1) is 32.8 Å². The molecule has 0 saturated carbocycles. The Bertz CT molecular complexity index is 1030. The third-order valence-electron chi connectivity index (χ3n) is 4.71. The molecule has 0 saturated heterocycles. The largest absolute Gasteiger partial charge is 0.382 e. The predicted molar refractivity (Wildman–Crippen MR) is 117 cm³/mol. The molecular formula is C23H25N5O3. The van der Waals surface area contributed by atoms with Crippen molar-refractivity contribution in [1.82, 2.24) is 19.5 Å². The average molecular weight is 419 g/mol. The molecule has 2 aromatic carbocycles. The quantitative estimate of drug-likeness (QED) is 0.399. The van der Waals surface area contributed by atoms with Crippen LogP contribution in [0.4, 0.5) is 5.82 Å². The maximum atomic E-state index is 6.08. The van der Waals surface area contributed by atoms with Crippen molar-refractivity contribution in [2.45, 2.75) is 26.0 Å². The lowest BCUT2D eigenvalue weighted by Crippen LogP contribution is -2.26. The smallest absolute Gasteiger partial charge is 0.167 e. The maximum Gasteiger partial charge on any atom is 0.167 e. The Kier molecular flexibility index (Phi) is 7.17. The van der Waals surface area contributed by atoms with E-state index in [2.05, 4.69) is 15.0 Å². The van der Waals surface area contributed by atoms with E-state index in [1.165, 1.54) is 6.33 Å². The van der Waals surface area contributed by atoms with E-state index in [1.807, 2.05) is 60.7 Å². The van der Waals surface area contributed by atoms with Crippen molar-refractivity contribution >= 4 is 17.0 Å². The van der Waals surface area contributed by atoms with Crippen molar-refractivity contribution < 1.29 is 14.2 Å². The summed E-state index contributed by atoms with van der Waals surface area (Å²) in [5.41, 5.74) is 9.27. The summed E-state index contributed by atoms with van der Waals surface area (Å²) in [7, 11) is 0. The number of imidazole rings is 1. The summed E-state index contributed by atoms with van der Waals surface area (Å²) in [4.78, 5) is 12.5. The summed E-state index contributed by atoms with van der Waals surface area (Å²) in [6.45, 7) is 2.07. The summed E-state index contributed by atoms with van der Waals surface area (Å²) < 4.78 is 19.6. The van der Waals surface area contributed by atoms with E-state index < -0.39 is 0 Å². The standard InChI is InChI=1S/C23H25N5O3/c24-22-21-23(26-15-25-22)28(16-27-21)17-31-20(13-29-11-18-7-3-1-4-8-18)14-30-12-19-9-5-2-6-10-19/h1-10,15-16,20H,11-14,17H2,(H2,24,25,26). The van der Waals surface area contributed by atoms with Crippen molar-refractivity contribution in [3.8, 4) is 0 Å². The van der Waals surface area contributed by atoms with Gasteiger partial charge in [-0.25, -0.2) is 15.0 Å². The van der Waals surface area contributed by atoms with E-state index in [0.717, 1.165) is 11.1 Å². The van der Waals surface area contributed by atoms with Crippen molar-refractivity contribution in [2.24, 2.45) is 0 Å². The molecule has 0 aliphatic carbocycles. The molecule has 0 bridgehead atoms. The molecule has 0 aliphatic heterocycles. The molecule has 0 unspecified atom stereocenters. The van der Waals surface area contributed by atoms with E-state index in [1.54, 1.807) is 10.9 Å². The van der Waals surface area contributed by atoms with Crippen molar-refractivity contribution in [3.05, 3.63) is 84.4 Å². The molecule has 4 aromatic rings. The van der Waals surface area contributed by atoms with Crippen LogP contribution in [0.2, 0.25) is 0 Å². The highest BCUT2D eigenvalue weighted by Gasteiger charge is 2.13. The Labute approximate surface area is 180 Å². The number of nitrogens with two attached hydrogens (primary N) is 1. The molecule has 0 fully saturated rings. The molecule has 0 amide bonds. The highest BCUT2D eigenvalue weighted by atomic mass is 16.6. The van der Waals surface area contributed by atoms with Gasteiger partial charge in [0, 0.05) is 0 Å². The van der Waals surface area contributed by atoms with E-state index in [9.17, 15) is 0 Å². The number of nitrogen functional groups attached to an aromatic ring is 1. The second-order valence-corrected chi connectivity index (χ2v) is 7.06. The van der Waals surface area contributed by atoms with Crippen molar-refractivity contribution in [3.63, 3.8) is 0 Å². The first kappa shape index (κ1) is 20.9. The lowest BCUT2D eigenvalue weighted by atomic mass is 10.2. The summed E-state index contributed by atoms with van der Waals surface area (Å²) in [5.74, 6) is 0.345. The number of benzene rings is 2. The molecule has 2 aromatic heterocycles. The number of aromatic nitrogens is 4. The molecule has 2 heterocycles. The van der Waals surface area contributed by atoms with Gasteiger partial charge in [-0.05, 0) is 11.1 Å². The minimum Gasteiger partial charge on any atom is -0.382 e. The molecule has 4 rings (SSSR count). The zero-order valence-corrected chi connectivity index (χ0v) is 17.1. The van der Waals surface area contributed by atoms with E-state index >= 15 is 0 Å². The van der Waals surface area contributed by atoms with E-state index in [-0.39, 0.29) is 12.8 Å². The van der Waals surface area contributed by atoms with Gasteiger partial charge < -0.3 is 19.9 Å². The van der Waals surface area contributed by atoms with Crippen LogP contribution in [0, 0.1) is 0 Å². The van der Waals surface area contributed by atoms with Crippen LogP contribution in [0.5, 0.6) is 0 Å². The third-order valence-corrected chi connectivity index (χ3v) is 4.71. The fourth-order valence-electron chi connectivity index (χ4n) is 3.09. The first-order valence-corrected chi connectivity index (χ1v) is 10.1. The molecule has 2 N–H and O–H groups in total. The molecule has 8 nitrogen and oxygen atoms in total. The molecule has 160 valence electrons. The summed E-state index contributed by atoms with van der Waals surface area (Å²) in [6.07, 6.45) is 2.80. The summed E-state index contributed by atoms with van der Waals surface area (Å²) >= 11 is 0. The van der Waals surface area contributed by atoms with Crippen molar-refractivity contribution in [1.29, 1.82) is 0 Å². The number of anilines is 1. The lowest BCUT2D eigenvalue weighted by Gasteiger charge is -2.19. The number of hydrogen-bond donors (Lipinski definition) is 1. The van der Waals surface area contributed by atoms with Gasteiger partial charge >= 0.3 is 0 Å². The van der Waals surface area contributed by atoms with Crippen LogP contribution in [0.3, 0.4) is 0 Å². The minimum atomic E-state index is -0.260. The SMILES string of the molecule is Nc1ncnc2c1ncn2COC(COCc1ccccc1)COCc1ccccc1. The number of hydrogen-bond acceptors (Lipinski definition) is 7. The first-order valence-electron chi connectivity index (χ1n) is 10.1. The summed E-state index contributed by atoms with van der Waals surface area (Å²) in [6, 6.07) is 20.1.